The third-order valence-corrected chi connectivity index (χ3v) is 4.68. The van der Waals surface area contributed by atoms with Gasteiger partial charge in [0.25, 0.3) is 0 Å². The van der Waals surface area contributed by atoms with Gasteiger partial charge >= 0.3 is 0 Å². The summed E-state index contributed by atoms with van der Waals surface area (Å²) >= 11 is 0. The summed E-state index contributed by atoms with van der Waals surface area (Å²) in [5.74, 6) is -0.221. The number of aromatic nitrogens is 1. The number of nitrogens with zero attached hydrogens (tertiary/aromatic N) is 3. The average Bonchev–Trinajstić information content (AvgIpc) is 2.67. The molecule has 0 bridgehead atoms. The van der Waals surface area contributed by atoms with E-state index in [0.29, 0.717) is 12.2 Å². The first-order chi connectivity index (χ1) is 12.6. The number of rotatable bonds is 6. The Kier molecular flexibility index (Phi) is 5.82. The number of piperidine rings is 1. The molecule has 1 aliphatic heterocycles. The van der Waals surface area contributed by atoms with Gasteiger partial charge in [-0.2, -0.15) is 5.26 Å². The highest BCUT2D eigenvalue weighted by atomic mass is 16.1. The molecule has 6 nitrogen and oxygen atoms in total. The van der Waals surface area contributed by atoms with Crippen LogP contribution in [0.4, 0.5) is 5.69 Å². The highest BCUT2D eigenvalue weighted by Crippen LogP contribution is 2.19. The van der Waals surface area contributed by atoms with Gasteiger partial charge in [-0.3, -0.25) is 9.69 Å². The predicted octanol–water partition coefficient (Wildman–Crippen LogP) is 2.26. The molecule has 1 aromatic carbocycles. The first-order valence-electron chi connectivity index (χ1n) is 8.83. The number of nitrogens with one attached hydrogen (secondary N) is 1. The number of hydrogen-bond acceptors (Lipinski definition) is 5. The zero-order chi connectivity index (χ0) is 18.4. The van der Waals surface area contributed by atoms with Crippen molar-refractivity contribution in [2.45, 2.75) is 25.9 Å². The van der Waals surface area contributed by atoms with Crippen LogP contribution in [0.2, 0.25) is 0 Å². The van der Waals surface area contributed by atoms with Gasteiger partial charge < -0.3 is 11.1 Å². The van der Waals surface area contributed by atoms with E-state index in [1.807, 2.05) is 12.1 Å². The molecule has 1 aromatic heterocycles. The highest BCUT2D eigenvalue weighted by molar-refractivity contribution is 5.76. The Hall–Kier alpha value is -2.91. The van der Waals surface area contributed by atoms with Crippen LogP contribution < -0.4 is 11.1 Å². The van der Waals surface area contributed by atoms with Crippen LogP contribution in [0.5, 0.6) is 0 Å². The molecule has 1 amide bonds. The zero-order valence-electron chi connectivity index (χ0n) is 14.7. The quantitative estimate of drug-likeness (QED) is 0.834. The third-order valence-electron chi connectivity index (χ3n) is 4.68. The Morgan fingerprint density at radius 1 is 1.35 bits per heavy atom. The molecule has 1 fully saturated rings. The minimum atomic E-state index is -0.191. The maximum absolute atomic E-state index is 11.4. The normalized spacial score (nSPS) is 17.4. The smallest absolute Gasteiger partial charge is 0.221 e. The number of carbonyl (C=O) groups is 1. The number of anilines is 1. The van der Waals surface area contributed by atoms with Gasteiger partial charge in [0, 0.05) is 19.6 Å². The molecule has 2 heterocycles. The largest absolute Gasteiger partial charge is 0.380 e. The van der Waals surface area contributed by atoms with E-state index in [4.69, 9.17) is 11.0 Å². The molecule has 2 aromatic rings. The van der Waals surface area contributed by atoms with Crippen LogP contribution >= 0.6 is 0 Å². The van der Waals surface area contributed by atoms with Crippen LogP contribution in [0.3, 0.4) is 0 Å². The van der Waals surface area contributed by atoms with E-state index in [1.54, 1.807) is 12.3 Å². The first-order valence-corrected chi connectivity index (χ1v) is 8.83. The Labute approximate surface area is 153 Å². The Morgan fingerprint density at radius 2 is 2.19 bits per heavy atom. The van der Waals surface area contributed by atoms with Gasteiger partial charge in [-0.05, 0) is 42.6 Å². The minimum Gasteiger partial charge on any atom is -0.380 e. The number of pyridine rings is 1. The van der Waals surface area contributed by atoms with Gasteiger partial charge in [-0.15, -0.1) is 0 Å². The molecule has 0 spiro atoms. The summed E-state index contributed by atoms with van der Waals surface area (Å²) in [6.07, 6.45) is 3.58. The van der Waals surface area contributed by atoms with E-state index in [1.165, 1.54) is 11.1 Å². The number of primary amides is 1. The monoisotopic (exact) mass is 349 g/mol. The SMILES string of the molecule is N#Cc1ccc(NCc2cccc(CN3CCCC(C(N)=O)C3)c2)cn1. The van der Waals surface area contributed by atoms with Crippen LogP contribution in [0.1, 0.15) is 29.7 Å². The molecular formula is C20H23N5O. The number of likely N-dealkylation sites (tertiary alicyclic amines) is 1. The number of amides is 1. The van der Waals surface area contributed by atoms with Crippen molar-refractivity contribution in [3.8, 4) is 6.07 Å². The minimum absolute atomic E-state index is 0.0301. The third kappa shape index (κ3) is 4.80. The van der Waals surface area contributed by atoms with Crippen LogP contribution in [-0.2, 0) is 17.9 Å². The number of benzene rings is 1. The molecule has 26 heavy (non-hydrogen) atoms. The predicted molar refractivity (Wildman–Crippen MR) is 99.9 cm³/mol. The second kappa shape index (κ2) is 8.45. The van der Waals surface area contributed by atoms with E-state index < -0.39 is 0 Å². The van der Waals surface area contributed by atoms with E-state index in [9.17, 15) is 4.79 Å². The Balaban J connectivity index is 1.57. The van der Waals surface area contributed by atoms with Gasteiger partial charge in [0.1, 0.15) is 11.8 Å². The Morgan fingerprint density at radius 3 is 2.92 bits per heavy atom. The maximum atomic E-state index is 11.4. The van der Waals surface area contributed by atoms with E-state index in [0.717, 1.165) is 38.2 Å². The van der Waals surface area contributed by atoms with Crippen LogP contribution in [0, 0.1) is 17.2 Å². The molecule has 1 aliphatic rings. The summed E-state index contributed by atoms with van der Waals surface area (Å²) in [6, 6.07) is 14.0. The summed E-state index contributed by atoms with van der Waals surface area (Å²) in [6.45, 7) is 3.26. The van der Waals surface area contributed by atoms with Gasteiger partial charge in [-0.1, -0.05) is 24.3 Å². The van der Waals surface area contributed by atoms with Gasteiger partial charge in [0.2, 0.25) is 5.91 Å². The molecule has 1 atom stereocenters. The molecule has 1 saturated heterocycles. The zero-order valence-corrected chi connectivity index (χ0v) is 14.7. The fraction of sp³-hybridized carbons (Fsp3) is 0.350. The molecule has 6 heteroatoms. The molecule has 0 radical (unpaired) electrons. The lowest BCUT2D eigenvalue weighted by molar-refractivity contribution is -0.123. The standard InChI is InChI=1S/C20H23N5O/c21-10-18-6-7-19(12-24-18)23-11-15-3-1-4-16(9-15)13-25-8-2-5-17(14-25)20(22)26/h1,3-4,6-7,9,12,17,23H,2,5,8,11,13-14H2,(H2,22,26). The van der Waals surface area contributed by atoms with Crippen LogP contribution in [0.25, 0.3) is 0 Å². The molecule has 3 N–H and O–H groups in total. The van der Waals surface area contributed by atoms with Crippen molar-refractivity contribution in [1.29, 1.82) is 5.26 Å². The lowest BCUT2D eigenvalue weighted by atomic mass is 9.97. The molecular weight excluding hydrogens is 326 g/mol. The van der Waals surface area contributed by atoms with Crippen molar-refractivity contribution in [3.63, 3.8) is 0 Å². The summed E-state index contributed by atoms with van der Waals surface area (Å²) in [5.41, 5.74) is 9.16. The molecule has 0 aliphatic carbocycles. The summed E-state index contributed by atoms with van der Waals surface area (Å²) in [5, 5.41) is 12.1. The van der Waals surface area contributed by atoms with Crippen LogP contribution in [-0.4, -0.2) is 28.9 Å². The number of nitrogens with two attached hydrogens (primary N) is 1. The molecule has 134 valence electrons. The lowest BCUT2D eigenvalue weighted by Crippen LogP contribution is -2.40. The topological polar surface area (TPSA) is 95.0 Å². The van der Waals surface area contributed by atoms with Crippen molar-refractivity contribution in [1.82, 2.24) is 9.88 Å². The summed E-state index contributed by atoms with van der Waals surface area (Å²) < 4.78 is 0. The van der Waals surface area contributed by atoms with Gasteiger partial charge in [-0.25, -0.2) is 4.98 Å². The van der Waals surface area contributed by atoms with Gasteiger partial charge in [0.05, 0.1) is 17.8 Å². The lowest BCUT2D eigenvalue weighted by Gasteiger charge is -2.31. The van der Waals surface area contributed by atoms with Crippen molar-refractivity contribution in [2.24, 2.45) is 11.7 Å². The van der Waals surface area contributed by atoms with E-state index in [2.05, 4.69) is 39.5 Å². The molecule has 0 saturated carbocycles. The molecule has 3 rings (SSSR count). The van der Waals surface area contributed by atoms with Crippen molar-refractivity contribution >= 4 is 11.6 Å². The van der Waals surface area contributed by atoms with Crippen molar-refractivity contribution < 1.29 is 4.79 Å². The number of nitriles is 1. The van der Waals surface area contributed by atoms with E-state index in [-0.39, 0.29) is 11.8 Å². The van der Waals surface area contributed by atoms with Crippen molar-refractivity contribution in [3.05, 3.63) is 59.4 Å². The van der Waals surface area contributed by atoms with E-state index >= 15 is 0 Å². The van der Waals surface area contributed by atoms with Crippen LogP contribution in [0.15, 0.2) is 42.6 Å². The number of hydrogen-bond donors (Lipinski definition) is 2. The summed E-state index contributed by atoms with van der Waals surface area (Å²) in [7, 11) is 0. The average molecular weight is 349 g/mol. The number of carbonyl (C=O) groups excluding carboxylic acids is 1. The second-order valence-electron chi connectivity index (χ2n) is 6.69. The summed E-state index contributed by atoms with van der Waals surface area (Å²) in [4.78, 5) is 17.8. The Bertz CT molecular complexity index is 797. The fourth-order valence-electron chi connectivity index (χ4n) is 3.30. The molecule has 1 unspecified atom stereocenters. The highest BCUT2D eigenvalue weighted by Gasteiger charge is 2.23. The maximum Gasteiger partial charge on any atom is 0.221 e. The van der Waals surface area contributed by atoms with Gasteiger partial charge in [0.15, 0.2) is 0 Å². The van der Waals surface area contributed by atoms with Crippen molar-refractivity contribution in [2.75, 3.05) is 18.4 Å². The fourth-order valence-corrected chi connectivity index (χ4v) is 3.30. The second-order valence-corrected chi connectivity index (χ2v) is 6.69. The first kappa shape index (κ1) is 17.9.